The van der Waals surface area contributed by atoms with Gasteiger partial charge in [0.15, 0.2) is 0 Å². The van der Waals surface area contributed by atoms with Crippen molar-refractivity contribution in [2.45, 2.75) is 32.4 Å². The molecule has 0 unspecified atom stereocenters. The molecule has 2 aliphatic rings. The van der Waals surface area contributed by atoms with Crippen molar-refractivity contribution in [1.82, 2.24) is 4.98 Å². The van der Waals surface area contributed by atoms with Crippen LogP contribution in [0.25, 0.3) is 22.0 Å². The fraction of sp³-hybridized carbons (Fsp3) is 0.128. The van der Waals surface area contributed by atoms with Gasteiger partial charge >= 0.3 is 0 Å². The van der Waals surface area contributed by atoms with Gasteiger partial charge < -0.3 is 19.7 Å². The number of aryl methyl sites for hydroxylation is 2. The van der Waals surface area contributed by atoms with Crippen molar-refractivity contribution < 1.29 is 30.9 Å². The number of para-hydroxylation sites is 2. The number of hydrogen-bond acceptors (Lipinski definition) is 5. The van der Waals surface area contributed by atoms with Gasteiger partial charge in [0.25, 0.3) is 0 Å². The molecule has 0 saturated carbocycles. The van der Waals surface area contributed by atoms with E-state index in [4.69, 9.17) is 9.73 Å². The predicted octanol–water partition coefficient (Wildman–Crippen LogP) is 8.75. The van der Waals surface area contributed by atoms with Crippen LogP contribution < -0.4 is 9.64 Å². The molecule has 2 heterocycles. The molecule has 8 rings (SSSR count). The summed E-state index contributed by atoms with van der Waals surface area (Å²) >= 11 is 0. The molecule has 224 valence electrons. The van der Waals surface area contributed by atoms with E-state index < -0.39 is 0 Å². The molecule has 0 amide bonds. The molecule has 6 heteroatoms. The van der Waals surface area contributed by atoms with Crippen molar-refractivity contribution >= 4 is 22.4 Å². The molecule has 5 nitrogen and oxygen atoms in total. The first-order valence-corrected chi connectivity index (χ1v) is 14.9. The molecular weight excluding hydrogens is 738 g/mol. The molecule has 6 aromatic rings. The normalized spacial score (nSPS) is 16.6. The number of phenols is 1. The second-order valence-corrected chi connectivity index (χ2v) is 11.6. The number of benzene rings is 5. The van der Waals surface area contributed by atoms with Crippen LogP contribution in [0.3, 0.4) is 0 Å². The van der Waals surface area contributed by atoms with Crippen molar-refractivity contribution in [3.05, 3.63) is 149 Å². The van der Waals surface area contributed by atoms with E-state index in [9.17, 15) is 5.11 Å². The number of amidine groups is 1. The smallest absolute Gasteiger partial charge is 0.217 e. The third kappa shape index (κ3) is 5.02. The van der Waals surface area contributed by atoms with Crippen LogP contribution in [0, 0.1) is 19.9 Å². The average molecular weight is 768 g/mol. The molecule has 0 radical (unpaired) electrons. The number of rotatable bonds is 4. The van der Waals surface area contributed by atoms with E-state index >= 15 is 0 Å². The molecular formula is C39H30N3O2Pt-. The van der Waals surface area contributed by atoms with Crippen LogP contribution >= 0.6 is 0 Å². The zero-order valence-electron chi connectivity index (χ0n) is 24.8. The van der Waals surface area contributed by atoms with Gasteiger partial charge in [0.05, 0.1) is 17.9 Å². The Labute approximate surface area is 277 Å². The predicted molar refractivity (Wildman–Crippen MR) is 176 cm³/mol. The number of fused-ring (bicyclic) bond motifs is 6. The molecule has 1 aromatic heterocycles. The summed E-state index contributed by atoms with van der Waals surface area (Å²) < 4.78 is 6.22. The number of phenolic OH excluding ortho intramolecular Hbond substituents is 1. The summed E-state index contributed by atoms with van der Waals surface area (Å²) in [6.45, 7) is 4.35. The summed E-state index contributed by atoms with van der Waals surface area (Å²) in [6.07, 6.45) is 0.834. The molecule has 1 N–H and O–H groups in total. The maximum Gasteiger partial charge on any atom is 0.217 e. The summed E-state index contributed by atoms with van der Waals surface area (Å²) in [7, 11) is 0. The first-order valence-electron chi connectivity index (χ1n) is 14.9. The van der Waals surface area contributed by atoms with Crippen LogP contribution in [0.2, 0.25) is 0 Å². The number of hydrogen-bond donors (Lipinski definition) is 1. The Balaban J connectivity index is 0.00000325. The van der Waals surface area contributed by atoms with Gasteiger partial charge in [-0.2, -0.15) is 0 Å². The Morgan fingerprint density at radius 3 is 2.36 bits per heavy atom. The van der Waals surface area contributed by atoms with E-state index in [1.165, 1.54) is 39.1 Å². The molecule has 0 fully saturated rings. The van der Waals surface area contributed by atoms with E-state index in [1.807, 2.05) is 30.3 Å². The van der Waals surface area contributed by atoms with Gasteiger partial charge in [0.1, 0.15) is 11.3 Å². The number of ether oxygens (including phenoxy) is 1. The number of aromatic nitrogens is 1. The molecule has 1 aliphatic carbocycles. The van der Waals surface area contributed by atoms with Gasteiger partial charge in [0, 0.05) is 44.0 Å². The molecule has 45 heavy (non-hydrogen) atoms. The van der Waals surface area contributed by atoms with Crippen molar-refractivity contribution in [2.24, 2.45) is 4.99 Å². The number of pyridine rings is 1. The third-order valence-electron chi connectivity index (χ3n) is 8.75. The Kier molecular flexibility index (Phi) is 7.51. The van der Waals surface area contributed by atoms with Gasteiger partial charge in [0.2, 0.25) is 5.88 Å². The summed E-state index contributed by atoms with van der Waals surface area (Å²) in [5.41, 5.74) is 10.1. The number of aromatic hydroxyl groups is 1. The summed E-state index contributed by atoms with van der Waals surface area (Å²) in [5.74, 6) is 1.92. The van der Waals surface area contributed by atoms with Crippen LogP contribution in [0.1, 0.15) is 33.9 Å². The van der Waals surface area contributed by atoms with E-state index in [0.29, 0.717) is 17.1 Å². The average Bonchev–Trinajstić information content (AvgIpc) is 3.33. The van der Waals surface area contributed by atoms with Gasteiger partial charge in [-0.05, 0) is 65.8 Å². The largest absolute Gasteiger partial charge is 0.506 e. The minimum atomic E-state index is 0. The Hall–Kier alpha value is -4.73. The quantitative estimate of drug-likeness (QED) is 0.183. The van der Waals surface area contributed by atoms with Gasteiger partial charge in [-0.1, -0.05) is 84.9 Å². The monoisotopic (exact) mass is 767 g/mol. The first kappa shape index (κ1) is 29.0. The van der Waals surface area contributed by atoms with Crippen LogP contribution in [-0.2, 0) is 27.5 Å². The molecule has 0 bridgehead atoms. The fourth-order valence-corrected chi connectivity index (χ4v) is 6.83. The first-order chi connectivity index (χ1) is 21.5. The van der Waals surface area contributed by atoms with Crippen molar-refractivity contribution in [1.29, 1.82) is 0 Å². The second-order valence-electron chi connectivity index (χ2n) is 11.6. The van der Waals surface area contributed by atoms with Gasteiger partial charge in [-0.15, -0.1) is 23.8 Å². The molecule has 0 saturated heterocycles. The van der Waals surface area contributed by atoms with Gasteiger partial charge in [-0.25, -0.2) is 4.98 Å². The van der Waals surface area contributed by atoms with Crippen molar-refractivity contribution in [2.75, 3.05) is 4.90 Å². The maximum atomic E-state index is 10.3. The number of anilines is 1. The summed E-state index contributed by atoms with van der Waals surface area (Å²) in [4.78, 5) is 12.5. The zero-order chi connectivity index (χ0) is 29.8. The standard InChI is InChI=1S/C39H30N3O2.Pt/c1-24-10-7-11-25(2)37(24)42-38-32-18-6-5-17-31(32)30-16-4-3-12-27(30)23-33(38)40-39(42)28-14-8-15-29(22-28)44-35-21-20-26-13-9-19-34(43)36(26)41-35;/h3-21,33,38,43H,23H2,1-2H3;/q-1;/t33-,38-;/m0./s1. The van der Waals surface area contributed by atoms with Crippen LogP contribution in [-0.4, -0.2) is 22.0 Å². The van der Waals surface area contributed by atoms with Crippen molar-refractivity contribution in [3.63, 3.8) is 0 Å². The number of nitrogens with zero attached hydrogens (tertiary/aromatic N) is 3. The number of aliphatic imine (C=N–C) groups is 1. The van der Waals surface area contributed by atoms with E-state index in [0.717, 1.165) is 23.2 Å². The molecule has 5 aromatic carbocycles. The van der Waals surface area contributed by atoms with E-state index in [-0.39, 0.29) is 38.9 Å². The van der Waals surface area contributed by atoms with Crippen molar-refractivity contribution in [3.8, 4) is 28.5 Å². The molecule has 0 spiro atoms. The Morgan fingerprint density at radius 2 is 1.51 bits per heavy atom. The zero-order valence-corrected chi connectivity index (χ0v) is 27.1. The minimum Gasteiger partial charge on any atom is -0.506 e. The summed E-state index contributed by atoms with van der Waals surface area (Å²) in [5, 5.41) is 11.2. The van der Waals surface area contributed by atoms with Crippen LogP contribution in [0.15, 0.2) is 120 Å². The SMILES string of the molecule is Cc1cccc(C)c1N1C(c2[c-]c(Oc3ccc4cccc(O)c4n3)ccc2)=N[C@H]2Cc3ccccc3-c3ccccc3[C@@H]21.[Pt]. The molecule has 2 atom stereocenters. The molecule has 1 aliphatic heterocycles. The maximum absolute atomic E-state index is 10.3. The van der Waals surface area contributed by atoms with E-state index in [1.54, 1.807) is 12.1 Å². The Bertz CT molecular complexity index is 2090. The summed E-state index contributed by atoms with van der Waals surface area (Å²) in [6, 6.07) is 42.4. The third-order valence-corrected chi connectivity index (χ3v) is 8.75. The second kappa shape index (κ2) is 11.6. The van der Waals surface area contributed by atoms with Crippen LogP contribution in [0.5, 0.6) is 17.4 Å². The van der Waals surface area contributed by atoms with Crippen LogP contribution in [0.4, 0.5) is 5.69 Å². The fourth-order valence-electron chi connectivity index (χ4n) is 6.83. The van der Waals surface area contributed by atoms with E-state index in [2.05, 4.69) is 103 Å². The van der Waals surface area contributed by atoms with Gasteiger partial charge in [-0.3, -0.25) is 0 Å². The Morgan fingerprint density at radius 1 is 0.778 bits per heavy atom. The minimum absolute atomic E-state index is 0. The topological polar surface area (TPSA) is 58.0 Å².